The van der Waals surface area contributed by atoms with Crippen LogP contribution in [0.1, 0.15) is 47.5 Å². The average molecular weight is 417 g/mol. The first kappa shape index (κ1) is 24.3. The van der Waals surface area contributed by atoms with Gasteiger partial charge in [0.2, 0.25) is 12.2 Å². The summed E-state index contributed by atoms with van der Waals surface area (Å²) in [5.74, 6) is -3.19. The van der Waals surface area contributed by atoms with Gasteiger partial charge in [-0.3, -0.25) is 24.0 Å². The first-order valence-corrected chi connectivity index (χ1v) is 9.15. The maximum atomic E-state index is 12.2. The van der Waals surface area contributed by atoms with Crippen molar-refractivity contribution in [3.05, 3.63) is 0 Å². The van der Waals surface area contributed by atoms with Crippen molar-refractivity contribution in [1.29, 1.82) is 0 Å². The number of hydrogen-bond donors (Lipinski definition) is 1. The lowest BCUT2D eigenvalue weighted by Gasteiger charge is -2.44. The summed E-state index contributed by atoms with van der Waals surface area (Å²) in [5, 5.41) is 2.60. The smallest absolute Gasteiger partial charge is 0.305 e. The highest BCUT2D eigenvalue weighted by atomic mass is 16.7. The lowest BCUT2D eigenvalue weighted by molar-refractivity contribution is -0.271. The summed E-state index contributed by atoms with van der Waals surface area (Å²) in [6.45, 7) is 6.00. The molecule has 5 atom stereocenters. The molecular weight excluding hydrogens is 390 g/mol. The van der Waals surface area contributed by atoms with Gasteiger partial charge in [0.1, 0.15) is 18.8 Å². The van der Waals surface area contributed by atoms with Gasteiger partial charge < -0.3 is 29.0 Å². The van der Waals surface area contributed by atoms with Gasteiger partial charge >= 0.3 is 23.9 Å². The van der Waals surface area contributed by atoms with Gasteiger partial charge in [0.05, 0.1) is 0 Å². The van der Waals surface area contributed by atoms with Gasteiger partial charge in [0.15, 0.2) is 12.2 Å². The molecule has 0 aromatic rings. The third-order valence-electron chi connectivity index (χ3n) is 3.79. The second kappa shape index (κ2) is 11.3. The molecule has 11 heteroatoms. The molecule has 1 fully saturated rings. The molecule has 1 N–H and O–H groups in total. The van der Waals surface area contributed by atoms with Crippen LogP contribution in [0.2, 0.25) is 0 Å². The monoisotopic (exact) mass is 417 g/mol. The highest BCUT2D eigenvalue weighted by Crippen LogP contribution is 2.28. The molecular formula is C18H27NO10. The van der Waals surface area contributed by atoms with Gasteiger partial charge in [0, 0.05) is 34.1 Å². The van der Waals surface area contributed by atoms with Crippen molar-refractivity contribution in [2.24, 2.45) is 0 Å². The Morgan fingerprint density at radius 3 is 1.86 bits per heavy atom. The van der Waals surface area contributed by atoms with Gasteiger partial charge in [-0.1, -0.05) is 6.92 Å². The molecule has 0 aliphatic carbocycles. The normalized spacial score (nSPS) is 26.0. The van der Waals surface area contributed by atoms with Gasteiger partial charge in [-0.2, -0.15) is 0 Å². The maximum Gasteiger partial charge on any atom is 0.305 e. The zero-order chi connectivity index (χ0) is 22.1. The van der Waals surface area contributed by atoms with Crippen LogP contribution in [0.5, 0.6) is 0 Å². The topological polar surface area (TPSA) is 144 Å². The summed E-state index contributed by atoms with van der Waals surface area (Å²) in [4.78, 5) is 58.2. The summed E-state index contributed by atoms with van der Waals surface area (Å²) in [6, 6.07) is -1.15. The van der Waals surface area contributed by atoms with Crippen molar-refractivity contribution in [2.45, 2.75) is 78.1 Å². The molecule has 1 saturated heterocycles. The number of hydrogen-bond acceptors (Lipinski definition) is 10. The van der Waals surface area contributed by atoms with E-state index in [1.54, 1.807) is 6.92 Å². The van der Waals surface area contributed by atoms with Gasteiger partial charge in [-0.15, -0.1) is 0 Å². The average Bonchev–Trinajstić information content (AvgIpc) is 2.57. The molecule has 1 heterocycles. The Kier molecular flexibility index (Phi) is 9.53. The van der Waals surface area contributed by atoms with E-state index in [2.05, 4.69) is 5.32 Å². The number of nitrogens with one attached hydrogen (secondary N) is 1. The zero-order valence-electron chi connectivity index (χ0n) is 17.1. The second-order valence-corrected chi connectivity index (χ2v) is 6.45. The SMILES string of the molecule is CCCC(=O)NC1[C@H](OC(C)=O)OC(COC(C)=O)[C@@H](OC(C)=O)[C@@H]1OC(C)=O. The number of ether oxygens (including phenoxy) is 5. The van der Waals surface area contributed by atoms with Crippen LogP contribution in [0.3, 0.4) is 0 Å². The van der Waals surface area contributed by atoms with E-state index < -0.39 is 60.4 Å². The van der Waals surface area contributed by atoms with Gasteiger partial charge in [-0.25, -0.2) is 0 Å². The number of carbonyl (C=O) groups excluding carboxylic acids is 5. The molecule has 1 amide bonds. The first-order valence-electron chi connectivity index (χ1n) is 9.15. The molecule has 1 aliphatic heterocycles. The fraction of sp³-hybridized carbons (Fsp3) is 0.722. The molecule has 0 spiro atoms. The number of amides is 1. The Morgan fingerprint density at radius 1 is 0.828 bits per heavy atom. The van der Waals surface area contributed by atoms with Crippen molar-refractivity contribution in [1.82, 2.24) is 5.32 Å². The predicted octanol–water partition coefficient (Wildman–Crippen LogP) is -0.0142. The summed E-state index contributed by atoms with van der Waals surface area (Å²) in [6.07, 6.45) is -4.27. The van der Waals surface area contributed by atoms with E-state index in [9.17, 15) is 24.0 Å². The van der Waals surface area contributed by atoms with Crippen LogP contribution < -0.4 is 5.32 Å². The van der Waals surface area contributed by atoms with Crippen molar-refractivity contribution in [3.63, 3.8) is 0 Å². The molecule has 0 aromatic heterocycles. The molecule has 0 radical (unpaired) electrons. The van der Waals surface area contributed by atoms with Crippen molar-refractivity contribution in [3.8, 4) is 0 Å². The Balaban J connectivity index is 3.31. The van der Waals surface area contributed by atoms with Crippen LogP contribution >= 0.6 is 0 Å². The van der Waals surface area contributed by atoms with E-state index in [-0.39, 0.29) is 13.0 Å². The largest absolute Gasteiger partial charge is 0.463 e. The molecule has 0 aromatic carbocycles. The van der Waals surface area contributed by atoms with Gasteiger partial charge in [0.25, 0.3) is 0 Å². The Labute approximate surface area is 168 Å². The van der Waals surface area contributed by atoms with Crippen LogP contribution in [0.25, 0.3) is 0 Å². The van der Waals surface area contributed by atoms with Crippen molar-refractivity contribution < 1.29 is 47.7 Å². The van der Waals surface area contributed by atoms with Crippen LogP contribution in [-0.4, -0.2) is 67.0 Å². The van der Waals surface area contributed by atoms with Crippen molar-refractivity contribution in [2.75, 3.05) is 6.61 Å². The molecule has 164 valence electrons. The maximum absolute atomic E-state index is 12.2. The summed E-state index contributed by atoms with van der Waals surface area (Å²) >= 11 is 0. The molecule has 1 aliphatic rings. The van der Waals surface area contributed by atoms with E-state index in [0.717, 1.165) is 20.8 Å². The van der Waals surface area contributed by atoms with Gasteiger partial charge in [-0.05, 0) is 6.42 Å². The van der Waals surface area contributed by atoms with E-state index >= 15 is 0 Å². The molecule has 1 rings (SSSR count). The predicted molar refractivity (Wildman–Crippen MR) is 95.0 cm³/mol. The van der Waals surface area contributed by atoms with Crippen LogP contribution in [-0.2, 0) is 47.7 Å². The fourth-order valence-electron chi connectivity index (χ4n) is 2.81. The fourth-order valence-corrected chi connectivity index (χ4v) is 2.81. The standard InChI is InChI=1S/C18H27NO10/c1-6-7-14(24)19-15-17(27-11(4)22)16(26-10(3)21)13(8-25-9(2)20)29-18(15)28-12(5)23/h13,15-18H,6-8H2,1-5H3,(H,19,24)/t13?,15?,16-,17-,18-/m1/s1. The molecule has 11 nitrogen and oxygen atoms in total. The molecule has 2 unspecified atom stereocenters. The minimum absolute atomic E-state index is 0.158. The highest BCUT2D eigenvalue weighted by molar-refractivity contribution is 5.76. The molecule has 29 heavy (non-hydrogen) atoms. The summed E-state index contributed by atoms with van der Waals surface area (Å²) < 4.78 is 26.3. The Morgan fingerprint density at radius 2 is 1.38 bits per heavy atom. The van der Waals surface area contributed by atoms with E-state index in [1.165, 1.54) is 6.92 Å². The zero-order valence-corrected chi connectivity index (χ0v) is 17.1. The minimum atomic E-state index is -1.37. The lowest BCUT2D eigenvalue weighted by atomic mass is 9.96. The molecule has 0 saturated carbocycles. The van der Waals surface area contributed by atoms with Crippen molar-refractivity contribution >= 4 is 29.8 Å². The number of carbonyl (C=O) groups is 5. The lowest BCUT2D eigenvalue weighted by Crippen LogP contribution is -2.67. The van der Waals surface area contributed by atoms with E-state index in [4.69, 9.17) is 23.7 Å². The summed E-state index contributed by atoms with van der Waals surface area (Å²) in [7, 11) is 0. The third-order valence-corrected chi connectivity index (χ3v) is 3.79. The Hall–Kier alpha value is -2.69. The first-order chi connectivity index (χ1) is 13.5. The van der Waals surface area contributed by atoms with E-state index in [0.29, 0.717) is 6.42 Å². The minimum Gasteiger partial charge on any atom is -0.463 e. The third kappa shape index (κ3) is 8.06. The van der Waals surface area contributed by atoms with E-state index in [1.807, 2.05) is 0 Å². The highest BCUT2D eigenvalue weighted by Gasteiger charge is 2.52. The molecule has 0 bridgehead atoms. The number of esters is 4. The summed E-state index contributed by atoms with van der Waals surface area (Å²) in [5.41, 5.74) is 0. The second-order valence-electron chi connectivity index (χ2n) is 6.45. The van der Waals surface area contributed by atoms with Crippen LogP contribution in [0.15, 0.2) is 0 Å². The number of rotatable bonds is 8. The Bertz CT molecular complexity index is 634. The van der Waals surface area contributed by atoms with Crippen LogP contribution in [0.4, 0.5) is 0 Å². The quantitative estimate of drug-likeness (QED) is 0.423. The van der Waals surface area contributed by atoms with Crippen LogP contribution in [0, 0.1) is 0 Å².